The quantitative estimate of drug-likeness (QED) is 0.762. The van der Waals surface area contributed by atoms with Gasteiger partial charge >= 0.3 is 6.09 Å². The molecule has 0 unspecified atom stereocenters. The molecule has 0 saturated heterocycles. The van der Waals surface area contributed by atoms with Crippen LogP contribution < -0.4 is 5.32 Å². The number of ether oxygens (including phenoxy) is 1. The van der Waals surface area contributed by atoms with Gasteiger partial charge in [0.05, 0.1) is 12.2 Å². The third-order valence-corrected chi connectivity index (χ3v) is 4.08. The fourth-order valence-corrected chi connectivity index (χ4v) is 2.77. The second-order valence-corrected chi connectivity index (χ2v) is 7.36. The minimum absolute atomic E-state index is 0.0626. The third kappa shape index (κ3) is 3.95. The van der Waals surface area contributed by atoms with Gasteiger partial charge in [-0.25, -0.2) is 18.0 Å². The molecule has 1 aliphatic heterocycles. The van der Waals surface area contributed by atoms with Crippen molar-refractivity contribution >= 4 is 17.7 Å². The predicted molar refractivity (Wildman–Crippen MR) is 93.2 cm³/mol. The molecule has 28 heavy (non-hydrogen) atoms. The number of fused-ring (bicyclic) bond motifs is 1. The Kier molecular flexibility index (Phi) is 5.05. The summed E-state index contributed by atoms with van der Waals surface area (Å²) in [6.45, 7) is 5.68. The Hall–Kier alpha value is -3.04. The Morgan fingerprint density at radius 2 is 1.93 bits per heavy atom. The molecule has 0 spiro atoms. The Labute approximate surface area is 158 Å². The first kappa shape index (κ1) is 19.7. The molecule has 150 valence electrons. The molecule has 1 aromatic heterocycles. The molecular weight excluding hydrogens is 377 g/mol. The van der Waals surface area contributed by atoms with Crippen LogP contribution in [0.1, 0.15) is 42.5 Å². The molecule has 0 aliphatic carbocycles. The van der Waals surface area contributed by atoms with Crippen LogP contribution in [0.5, 0.6) is 0 Å². The van der Waals surface area contributed by atoms with Gasteiger partial charge in [-0.15, -0.1) is 0 Å². The van der Waals surface area contributed by atoms with Crippen molar-refractivity contribution in [2.75, 3.05) is 11.9 Å². The molecule has 1 aliphatic rings. The van der Waals surface area contributed by atoms with Crippen LogP contribution in [0.3, 0.4) is 0 Å². The molecule has 3 rings (SSSR count). The lowest BCUT2D eigenvalue weighted by Crippen LogP contribution is -2.40. The molecule has 1 aromatic carbocycles. The zero-order valence-corrected chi connectivity index (χ0v) is 15.5. The normalized spacial score (nSPS) is 13.9. The average Bonchev–Trinajstić information content (AvgIpc) is 3.04. The van der Waals surface area contributed by atoms with E-state index in [1.165, 1.54) is 4.90 Å². The van der Waals surface area contributed by atoms with E-state index in [4.69, 9.17) is 4.74 Å². The summed E-state index contributed by atoms with van der Waals surface area (Å²) in [5.74, 6) is -5.36. The highest BCUT2D eigenvalue weighted by atomic mass is 19.2. The molecule has 0 saturated carbocycles. The second kappa shape index (κ2) is 7.17. The second-order valence-electron chi connectivity index (χ2n) is 7.36. The molecule has 0 bridgehead atoms. The van der Waals surface area contributed by atoms with Gasteiger partial charge in [0.2, 0.25) is 0 Å². The number of benzene rings is 1. The van der Waals surface area contributed by atoms with Crippen molar-refractivity contribution in [2.45, 2.75) is 39.3 Å². The van der Waals surface area contributed by atoms with E-state index < -0.39 is 40.7 Å². The maximum atomic E-state index is 13.8. The van der Waals surface area contributed by atoms with Crippen molar-refractivity contribution in [1.82, 2.24) is 15.1 Å². The number of nitrogens with one attached hydrogen (secondary N) is 2. The zero-order valence-electron chi connectivity index (χ0n) is 15.5. The molecular formula is C18H19F3N4O3. The van der Waals surface area contributed by atoms with E-state index in [1.54, 1.807) is 20.8 Å². The summed E-state index contributed by atoms with van der Waals surface area (Å²) in [5, 5.41) is 8.82. The lowest BCUT2D eigenvalue weighted by molar-refractivity contribution is 0.0222. The Morgan fingerprint density at radius 1 is 1.21 bits per heavy atom. The summed E-state index contributed by atoms with van der Waals surface area (Å²) in [5.41, 5.74) is -0.126. The van der Waals surface area contributed by atoms with E-state index in [1.807, 2.05) is 0 Å². The maximum Gasteiger partial charge on any atom is 0.410 e. The van der Waals surface area contributed by atoms with E-state index in [2.05, 4.69) is 15.5 Å². The SMILES string of the molecule is CC(C)(C)OC(=O)N1CCc2[nH]nc(C(=O)Nc3ccc(F)c(F)c3F)c2C1. The van der Waals surface area contributed by atoms with Crippen molar-refractivity contribution < 1.29 is 27.5 Å². The first-order chi connectivity index (χ1) is 13.1. The van der Waals surface area contributed by atoms with E-state index >= 15 is 0 Å². The lowest BCUT2D eigenvalue weighted by Gasteiger charge is -2.30. The molecule has 2 heterocycles. The standard InChI is InChI=1S/C18H19F3N4O3/c1-18(2,3)28-17(27)25-7-6-11-9(8-25)15(24-23-11)16(26)22-12-5-4-10(19)13(20)14(12)21/h4-5H,6-8H2,1-3H3,(H,22,26)(H,23,24). The number of hydrogen-bond acceptors (Lipinski definition) is 4. The topological polar surface area (TPSA) is 87.3 Å². The van der Waals surface area contributed by atoms with Crippen LogP contribution in [0, 0.1) is 17.5 Å². The van der Waals surface area contributed by atoms with Crippen LogP contribution in [0.15, 0.2) is 12.1 Å². The fraction of sp³-hybridized carbons (Fsp3) is 0.389. The summed E-state index contributed by atoms with van der Waals surface area (Å²) in [6, 6.07) is 1.62. The van der Waals surface area contributed by atoms with Gasteiger partial charge in [0.15, 0.2) is 23.1 Å². The smallest absolute Gasteiger partial charge is 0.410 e. The van der Waals surface area contributed by atoms with Crippen molar-refractivity contribution in [1.29, 1.82) is 0 Å². The number of halogens is 3. The Bertz CT molecular complexity index is 937. The number of carbonyl (C=O) groups excluding carboxylic acids is 2. The van der Waals surface area contributed by atoms with E-state index in [-0.39, 0.29) is 12.2 Å². The number of carbonyl (C=O) groups is 2. The van der Waals surface area contributed by atoms with Crippen molar-refractivity contribution in [3.05, 3.63) is 46.5 Å². The first-order valence-electron chi connectivity index (χ1n) is 8.55. The summed E-state index contributed by atoms with van der Waals surface area (Å²) in [6.07, 6.45) is -0.105. The number of hydrogen-bond donors (Lipinski definition) is 2. The monoisotopic (exact) mass is 396 g/mol. The van der Waals surface area contributed by atoms with Crippen molar-refractivity contribution in [2.24, 2.45) is 0 Å². The number of aromatic nitrogens is 2. The van der Waals surface area contributed by atoms with Crippen molar-refractivity contribution in [3.63, 3.8) is 0 Å². The zero-order chi connectivity index (χ0) is 20.6. The highest BCUT2D eigenvalue weighted by Crippen LogP contribution is 2.24. The van der Waals surface area contributed by atoms with E-state index in [9.17, 15) is 22.8 Å². The van der Waals surface area contributed by atoms with Gasteiger partial charge in [-0.1, -0.05) is 0 Å². The molecule has 10 heteroatoms. The van der Waals surface area contributed by atoms with Gasteiger partial charge in [-0.2, -0.15) is 5.10 Å². The highest BCUT2D eigenvalue weighted by Gasteiger charge is 2.30. The minimum Gasteiger partial charge on any atom is -0.444 e. The van der Waals surface area contributed by atoms with E-state index in [0.29, 0.717) is 30.3 Å². The van der Waals surface area contributed by atoms with E-state index in [0.717, 1.165) is 6.07 Å². The van der Waals surface area contributed by atoms with Gasteiger partial charge in [0, 0.05) is 24.2 Å². The molecule has 0 atom stereocenters. The number of nitrogens with zero attached hydrogens (tertiary/aromatic N) is 2. The van der Waals surface area contributed by atoms with Crippen LogP contribution in [0.4, 0.5) is 23.7 Å². The van der Waals surface area contributed by atoms with Gasteiger partial charge in [0.25, 0.3) is 5.91 Å². The van der Waals surface area contributed by atoms with Crippen LogP contribution in [0.25, 0.3) is 0 Å². The lowest BCUT2D eigenvalue weighted by atomic mass is 10.1. The third-order valence-electron chi connectivity index (χ3n) is 4.08. The largest absolute Gasteiger partial charge is 0.444 e. The van der Waals surface area contributed by atoms with Crippen LogP contribution in [-0.2, 0) is 17.7 Å². The average molecular weight is 396 g/mol. The molecule has 7 nitrogen and oxygen atoms in total. The number of rotatable bonds is 2. The first-order valence-corrected chi connectivity index (χ1v) is 8.55. The summed E-state index contributed by atoms with van der Waals surface area (Å²) >= 11 is 0. The van der Waals surface area contributed by atoms with Gasteiger partial charge in [0.1, 0.15) is 5.60 Å². The van der Waals surface area contributed by atoms with Gasteiger partial charge in [-0.3, -0.25) is 9.89 Å². The minimum atomic E-state index is -1.68. The number of H-pyrrole nitrogens is 1. The Morgan fingerprint density at radius 3 is 2.61 bits per heavy atom. The summed E-state index contributed by atoms with van der Waals surface area (Å²) in [4.78, 5) is 26.2. The molecule has 0 fully saturated rings. The fourth-order valence-electron chi connectivity index (χ4n) is 2.77. The maximum absolute atomic E-state index is 13.8. The summed E-state index contributed by atoms with van der Waals surface area (Å²) in [7, 11) is 0. The molecule has 2 N–H and O–H groups in total. The number of aromatic amines is 1. The highest BCUT2D eigenvalue weighted by molar-refractivity contribution is 6.04. The van der Waals surface area contributed by atoms with Crippen LogP contribution >= 0.6 is 0 Å². The van der Waals surface area contributed by atoms with Crippen LogP contribution in [0.2, 0.25) is 0 Å². The predicted octanol–water partition coefficient (Wildman–Crippen LogP) is 3.37. The molecule has 0 radical (unpaired) electrons. The molecule has 2 aromatic rings. The van der Waals surface area contributed by atoms with Crippen LogP contribution in [-0.4, -0.2) is 39.2 Å². The van der Waals surface area contributed by atoms with Gasteiger partial charge in [-0.05, 0) is 32.9 Å². The number of anilines is 1. The van der Waals surface area contributed by atoms with Gasteiger partial charge < -0.3 is 15.0 Å². The van der Waals surface area contributed by atoms with Crippen molar-refractivity contribution in [3.8, 4) is 0 Å². The Balaban J connectivity index is 1.79. The summed E-state index contributed by atoms with van der Waals surface area (Å²) < 4.78 is 45.5. The molecule has 2 amide bonds. The number of amides is 2.